The van der Waals surface area contributed by atoms with Gasteiger partial charge in [0.2, 0.25) is 0 Å². The number of anilines is 1. The van der Waals surface area contributed by atoms with Gasteiger partial charge in [0.15, 0.2) is 5.78 Å². The van der Waals surface area contributed by atoms with Crippen molar-refractivity contribution in [3.8, 4) is 0 Å². The maximum Gasteiger partial charge on any atom is 0.169 e. The van der Waals surface area contributed by atoms with Crippen LogP contribution in [0.25, 0.3) is 0 Å². The second kappa shape index (κ2) is 8.72. The van der Waals surface area contributed by atoms with E-state index in [0.717, 1.165) is 56.4 Å². The third kappa shape index (κ3) is 4.45. The summed E-state index contributed by atoms with van der Waals surface area (Å²) in [7, 11) is 0. The van der Waals surface area contributed by atoms with Gasteiger partial charge in [-0.2, -0.15) is 0 Å². The Bertz CT molecular complexity index is 816. The molecule has 0 amide bonds. The lowest BCUT2D eigenvalue weighted by Crippen LogP contribution is -2.55. The number of piperazine rings is 1. The van der Waals surface area contributed by atoms with Gasteiger partial charge in [-0.25, -0.2) is 4.39 Å². The smallest absolute Gasteiger partial charge is 0.169 e. The Morgan fingerprint density at radius 2 is 1.96 bits per heavy atom. The van der Waals surface area contributed by atoms with Gasteiger partial charge in [-0.05, 0) is 55.5 Å². The molecule has 0 radical (unpaired) electrons. The van der Waals surface area contributed by atoms with Crippen LogP contribution in [-0.4, -0.2) is 60.9 Å². The molecule has 0 spiro atoms. The summed E-state index contributed by atoms with van der Waals surface area (Å²) in [4.78, 5) is 19.6. The number of para-hydroxylation sites is 1. The lowest BCUT2D eigenvalue weighted by Gasteiger charge is -2.44. The summed E-state index contributed by atoms with van der Waals surface area (Å²) in [6.07, 6.45) is 2.44. The Labute approximate surface area is 170 Å². The summed E-state index contributed by atoms with van der Waals surface area (Å²) in [5.74, 6) is 0.0287. The van der Waals surface area contributed by atoms with Gasteiger partial charge in [-0.15, -0.1) is 11.3 Å². The highest BCUT2D eigenvalue weighted by Crippen LogP contribution is 2.24. The molecule has 4 rings (SSSR count). The molecule has 6 heteroatoms. The van der Waals surface area contributed by atoms with Crippen LogP contribution >= 0.6 is 11.3 Å². The Balaban J connectivity index is 1.31. The molecule has 1 unspecified atom stereocenters. The summed E-state index contributed by atoms with van der Waals surface area (Å²) in [6.45, 7) is 8.48. The van der Waals surface area contributed by atoms with E-state index in [1.165, 1.54) is 18.4 Å². The molecule has 2 aliphatic rings. The van der Waals surface area contributed by atoms with E-state index in [9.17, 15) is 9.18 Å². The molecule has 0 N–H and O–H groups in total. The quantitative estimate of drug-likeness (QED) is 0.711. The van der Waals surface area contributed by atoms with Crippen molar-refractivity contribution in [1.29, 1.82) is 0 Å². The van der Waals surface area contributed by atoms with E-state index >= 15 is 0 Å². The topological polar surface area (TPSA) is 26.8 Å². The van der Waals surface area contributed by atoms with Crippen molar-refractivity contribution in [3.63, 3.8) is 0 Å². The minimum Gasteiger partial charge on any atom is -0.367 e. The number of Topliss-reactive ketones (excluding diaryl/α,β-unsaturated/α-hetero) is 1. The summed E-state index contributed by atoms with van der Waals surface area (Å²) < 4.78 is 14.1. The van der Waals surface area contributed by atoms with Crippen molar-refractivity contribution in [3.05, 3.63) is 52.0 Å². The molecule has 4 nitrogen and oxygen atoms in total. The molecule has 0 saturated carbocycles. The fourth-order valence-electron chi connectivity index (χ4n) is 4.41. The Morgan fingerprint density at radius 3 is 2.68 bits per heavy atom. The molecule has 2 aliphatic heterocycles. The predicted molar refractivity (Wildman–Crippen MR) is 113 cm³/mol. The maximum atomic E-state index is 14.1. The minimum absolute atomic E-state index is 0.125. The molecule has 150 valence electrons. The summed E-state index contributed by atoms with van der Waals surface area (Å²) >= 11 is 1.55. The molecule has 1 aromatic heterocycles. The molecule has 3 heterocycles. The summed E-state index contributed by atoms with van der Waals surface area (Å²) in [5, 5.41) is 2.12. The number of halogens is 1. The molecule has 2 aromatic rings. The van der Waals surface area contributed by atoms with Crippen LogP contribution in [0.15, 0.2) is 35.7 Å². The third-order valence-corrected chi connectivity index (χ3v) is 6.99. The number of piperidine rings is 1. The molecule has 0 bridgehead atoms. The molecular formula is C22H28FN3OS. The highest BCUT2D eigenvalue weighted by molar-refractivity contribution is 7.12. The number of nitrogens with zero attached hydrogens (tertiary/aromatic N) is 3. The van der Waals surface area contributed by atoms with Gasteiger partial charge in [0.05, 0.1) is 10.6 Å². The van der Waals surface area contributed by atoms with E-state index < -0.39 is 0 Å². The number of carbonyl (C=O) groups is 1. The summed E-state index contributed by atoms with van der Waals surface area (Å²) in [5.41, 5.74) is 1.98. The van der Waals surface area contributed by atoms with Crippen LogP contribution in [0.3, 0.4) is 0 Å². The number of carbonyl (C=O) groups excluding carboxylic acids is 1. The zero-order valence-corrected chi connectivity index (χ0v) is 17.3. The number of benzene rings is 1. The number of rotatable bonds is 5. The highest BCUT2D eigenvalue weighted by atomic mass is 32.1. The van der Waals surface area contributed by atoms with E-state index in [0.29, 0.717) is 6.04 Å². The molecule has 1 atom stereocenters. The van der Waals surface area contributed by atoms with Gasteiger partial charge in [0, 0.05) is 45.3 Å². The standard InChI is InChI=1S/C22H28FN3OS/c1-17(27)22-13-18(16-28-22)14-24-8-4-5-19(15-24)25-9-11-26(12-10-25)21-7-3-2-6-20(21)23/h2-3,6-7,13,16,19H,4-5,8-12,14-15H2,1H3. The zero-order valence-electron chi connectivity index (χ0n) is 16.4. The second-order valence-corrected chi connectivity index (χ2v) is 8.79. The van der Waals surface area contributed by atoms with Crippen molar-refractivity contribution in [2.24, 2.45) is 0 Å². The minimum atomic E-state index is -0.125. The Kier molecular flexibility index (Phi) is 6.09. The van der Waals surface area contributed by atoms with Crippen LogP contribution in [0.4, 0.5) is 10.1 Å². The van der Waals surface area contributed by atoms with E-state index in [4.69, 9.17) is 0 Å². The molecular weight excluding hydrogens is 373 g/mol. The number of hydrogen-bond donors (Lipinski definition) is 0. The molecule has 2 fully saturated rings. The van der Waals surface area contributed by atoms with Crippen molar-refractivity contribution in [2.45, 2.75) is 32.4 Å². The van der Waals surface area contributed by atoms with Gasteiger partial charge < -0.3 is 4.90 Å². The van der Waals surface area contributed by atoms with Crippen molar-refractivity contribution in [1.82, 2.24) is 9.80 Å². The average Bonchev–Trinajstić information content (AvgIpc) is 3.18. The predicted octanol–water partition coefficient (Wildman–Crippen LogP) is 3.88. The monoisotopic (exact) mass is 401 g/mol. The number of thiophene rings is 1. The second-order valence-electron chi connectivity index (χ2n) is 7.88. The van der Waals surface area contributed by atoms with Crippen molar-refractivity contribution in [2.75, 3.05) is 44.2 Å². The van der Waals surface area contributed by atoms with E-state index in [1.54, 1.807) is 30.4 Å². The van der Waals surface area contributed by atoms with E-state index in [-0.39, 0.29) is 11.6 Å². The van der Waals surface area contributed by atoms with Crippen LogP contribution in [0.1, 0.15) is 35.0 Å². The van der Waals surface area contributed by atoms with Crippen LogP contribution in [0, 0.1) is 5.82 Å². The first kappa shape index (κ1) is 19.6. The first-order valence-corrected chi connectivity index (χ1v) is 11.0. The third-order valence-electron chi connectivity index (χ3n) is 5.91. The van der Waals surface area contributed by atoms with Gasteiger partial charge in [0.25, 0.3) is 0 Å². The largest absolute Gasteiger partial charge is 0.367 e. The Morgan fingerprint density at radius 1 is 1.18 bits per heavy atom. The number of hydrogen-bond acceptors (Lipinski definition) is 5. The van der Waals surface area contributed by atoms with Gasteiger partial charge >= 0.3 is 0 Å². The fraction of sp³-hybridized carbons (Fsp3) is 0.500. The number of ketones is 1. The highest BCUT2D eigenvalue weighted by Gasteiger charge is 2.28. The van der Waals surface area contributed by atoms with Crippen molar-refractivity contribution < 1.29 is 9.18 Å². The van der Waals surface area contributed by atoms with E-state index in [2.05, 4.69) is 20.1 Å². The van der Waals surface area contributed by atoms with Crippen LogP contribution < -0.4 is 4.90 Å². The normalized spacial score (nSPS) is 21.8. The SMILES string of the molecule is CC(=O)c1cc(CN2CCCC(N3CCN(c4ccccc4F)CC3)C2)cs1. The van der Waals surface area contributed by atoms with Gasteiger partial charge in [0.1, 0.15) is 5.82 Å². The lowest BCUT2D eigenvalue weighted by atomic mass is 10.0. The molecule has 1 aromatic carbocycles. The van der Waals surface area contributed by atoms with Gasteiger partial charge in [-0.1, -0.05) is 12.1 Å². The summed E-state index contributed by atoms with van der Waals surface area (Å²) in [6, 6.07) is 9.70. The fourth-order valence-corrected chi connectivity index (χ4v) is 5.22. The average molecular weight is 402 g/mol. The molecule has 2 saturated heterocycles. The number of likely N-dealkylation sites (tertiary alicyclic amines) is 1. The first-order valence-electron chi connectivity index (χ1n) is 10.1. The molecule has 28 heavy (non-hydrogen) atoms. The Hall–Kier alpha value is -1.76. The van der Waals surface area contributed by atoms with E-state index in [1.807, 2.05) is 18.2 Å². The van der Waals surface area contributed by atoms with Gasteiger partial charge in [-0.3, -0.25) is 14.6 Å². The first-order chi connectivity index (χ1) is 13.6. The molecule has 0 aliphatic carbocycles. The van der Waals surface area contributed by atoms with Crippen molar-refractivity contribution >= 4 is 22.8 Å². The maximum absolute atomic E-state index is 14.1. The van der Waals surface area contributed by atoms with Crippen LogP contribution in [0.2, 0.25) is 0 Å². The zero-order chi connectivity index (χ0) is 19.5. The van der Waals surface area contributed by atoms with Crippen LogP contribution in [0.5, 0.6) is 0 Å². The van der Waals surface area contributed by atoms with Crippen LogP contribution in [-0.2, 0) is 6.54 Å². The lowest BCUT2D eigenvalue weighted by molar-refractivity contribution is 0.0887.